The van der Waals surface area contributed by atoms with Crippen LogP contribution in [0.25, 0.3) is 11.0 Å². The smallest absolute Gasteiger partial charge is 0.335 e. The number of H-pyrrole nitrogens is 1. The Balaban J connectivity index is 2.09. The van der Waals surface area contributed by atoms with Crippen molar-refractivity contribution in [1.82, 2.24) is 9.97 Å². The third-order valence-electron chi connectivity index (χ3n) is 3.33. The molecule has 3 rings (SSSR count). The van der Waals surface area contributed by atoms with Crippen LogP contribution in [0.3, 0.4) is 0 Å². The number of aromatic amines is 1. The molecule has 0 aliphatic carbocycles. The van der Waals surface area contributed by atoms with Crippen LogP contribution in [0.15, 0.2) is 47.3 Å². The minimum absolute atomic E-state index is 0.0370. The van der Waals surface area contributed by atoms with E-state index in [0.717, 1.165) is 0 Å². The number of aromatic carboxylic acids is 1. The third kappa shape index (κ3) is 2.58. The second kappa shape index (κ2) is 5.40. The van der Waals surface area contributed by atoms with Gasteiger partial charge in [-0.1, -0.05) is 18.2 Å². The van der Waals surface area contributed by atoms with Crippen molar-refractivity contribution in [3.63, 3.8) is 0 Å². The van der Waals surface area contributed by atoms with Crippen molar-refractivity contribution in [1.29, 1.82) is 0 Å². The van der Waals surface area contributed by atoms with Gasteiger partial charge in [0.25, 0.3) is 5.56 Å². The van der Waals surface area contributed by atoms with E-state index in [0.29, 0.717) is 16.6 Å². The topological polar surface area (TPSA) is 83.0 Å². The van der Waals surface area contributed by atoms with Gasteiger partial charge in [0.1, 0.15) is 11.5 Å². The lowest BCUT2D eigenvalue weighted by atomic mass is 10.1. The molecule has 22 heavy (non-hydrogen) atoms. The van der Waals surface area contributed by atoms with Crippen molar-refractivity contribution < 1.29 is 14.3 Å². The van der Waals surface area contributed by atoms with Gasteiger partial charge in [0.15, 0.2) is 0 Å². The molecule has 0 unspecified atom stereocenters. The predicted octanol–water partition coefficient (Wildman–Crippen LogP) is 2.35. The maximum Gasteiger partial charge on any atom is 0.335 e. The lowest BCUT2D eigenvalue weighted by Gasteiger charge is -2.05. The number of rotatable bonds is 3. The first kappa shape index (κ1) is 13.9. The van der Waals surface area contributed by atoms with Crippen LogP contribution in [-0.4, -0.2) is 21.0 Å². The molecular weight excluding hydrogens is 287 g/mol. The minimum Gasteiger partial charge on any atom is -0.478 e. The van der Waals surface area contributed by atoms with E-state index >= 15 is 0 Å². The van der Waals surface area contributed by atoms with Crippen molar-refractivity contribution in [2.45, 2.75) is 6.42 Å². The Morgan fingerprint density at radius 1 is 1.23 bits per heavy atom. The number of benzene rings is 2. The first-order valence-electron chi connectivity index (χ1n) is 6.54. The summed E-state index contributed by atoms with van der Waals surface area (Å²) in [7, 11) is 0. The highest BCUT2D eigenvalue weighted by molar-refractivity contribution is 5.92. The number of carboxylic acid groups (broad SMARTS) is 1. The molecule has 5 nitrogen and oxygen atoms in total. The van der Waals surface area contributed by atoms with E-state index in [2.05, 4.69) is 9.97 Å². The molecule has 0 radical (unpaired) electrons. The highest BCUT2D eigenvalue weighted by atomic mass is 19.1. The fourth-order valence-corrected chi connectivity index (χ4v) is 2.20. The van der Waals surface area contributed by atoms with Gasteiger partial charge in [-0.25, -0.2) is 14.2 Å². The molecule has 1 aromatic heterocycles. The largest absolute Gasteiger partial charge is 0.478 e. The zero-order valence-electron chi connectivity index (χ0n) is 11.3. The highest BCUT2D eigenvalue weighted by Gasteiger charge is 2.10. The molecule has 6 heteroatoms. The van der Waals surface area contributed by atoms with E-state index in [1.54, 1.807) is 18.2 Å². The van der Waals surface area contributed by atoms with Gasteiger partial charge in [-0.15, -0.1) is 0 Å². The molecule has 0 saturated carbocycles. The average molecular weight is 298 g/mol. The number of fused-ring (bicyclic) bond motifs is 1. The zero-order valence-corrected chi connectivity index (χ0v) is 11.3. The van der Waals surface area contributed by atoms with Crippen LogP contribution in [-0.2, 0) is 6.42 Å². The second-order valence-corrected chi connectivity index (χ2v) is 4.82. The summed E-state index contributed by atoms with van der Waals surface area (Å²) in [6, 6.07) is 10.4. The van der Waals surface area contributed by atoms with Gasteiger partial charge in [-0.2, -0.15) is 0 Å². The zero-order chi connectivity index (χ0) is 15.7. The molecule has 110 valence electrons. The summed E-state index contributed by atoms with van der Waals surface area (Å²) in [5.41, 5.74) is 0.940. The molecule has 2 aromatic carbocycles. The van der Waals surface area contributed by atoms with Crippen molar-refractivity contribution in [3.05, 3.63) is 75.5 Å². The molecule has 0 fully saturated rings. The summed E-state index contributed by atoms with van der Waals surface area (Å²) in [6.45, 7) is 0. The lowest BCUT2D eigenvalue weighted by Crippen LogP contribution is -2.16. The number of halogens is 1. The normalized spacial score (nSPS) is 10.8. The van der Waals surface area contributed by atoms with Crippen LogP contribution in [0, 0.1) is 5.82 Å². The standard InChI is InChI=1S/C16H11FN2O3/c17-11-4-2-1-3-9(11)7-14-15(20)19-12-6-5-10(16(21)22)8-13(12)18-14/h1-6,8H,7H2,(H,19,20)(H,21,22). The quantitative estimate of drug-likeness (QED) is 0.777. The molecule has 0 amide bonds. The Kier molecular flexibility index (Phi) is 3.42. The van der Waals surface area contributed by atoms with Crippen LogP contribution >= 0.6 is 0 Å². The fourth-order valence-electron chi connectivity index (χ4n) is 2.20. The SMILES string of the molecule is O=C(O)c1ccc2[nH]c(=O)c(Cc3ccccc3F)nc2c1. The van der Waals surface area contributed by atoms with Crippen LogP contribution in [0.5, 0.6) is 0 Å². The molecule has 0 atom stereocenters. The van der Waals surface area contributed by atoms with Gasteiger partial charge in [-0.05, 0) is 29.8 Å². The number of carboxylic acids is 1. The molecule has 3 aromatic rings. The Labute approximate surface area is 124 Å². The summed E-state index contributed by atoms with van der Waals surface area (Å²) < 4.78 is 13.7. The van der Waals surface area contributed by atoms with Crippen LogP contribution in [0.2, 0.25) is 0 Å². The van der Waals surface area contributed by atoms with Gasteiger partial charge in [0.2, 0.25) is 0 Å². The summed E-state index contributed by atoms with van der Waals surface area (Å²) in [4.78, 5) is 29.8. The molecule has 0 spiro atoms. The predicted molar refractivity (Wildman–Crippen MR) is 78.5 cm³/mol. The Morgan fingerprint density at radius 3 is 2.73 bits per heavy atom. The van der Waals surface area contributed by atoms with Gasteiger partial charge < -0.3 is 10.1 Å². The summed E-state index contributed by atoms with van der Waals surface area (Å²) >= 11 is 0. The first-order valence-corrected chi connectivity index (χ1v) is 6.54. The summed E-state index contributed by atoms with van der Waals surface area (Å²) in [5, 5.41) is 8.99. The monoisotopic (exact) mass is 298 g/mol. The second-order valence-electron chi connectivity index (χ2n) is 4.82. The lowest BCUT2D eigenvalue weighted by molar-refractivity contribution is 0.0697. The number of aromatic nitrogens is 2. The maximum atomic E-state index is 13.7. The summed E-state index contributed by atoms with van der Waals surface area (Å²) in [5.74, 6) is -1.49. The number of nitrogens with zero attached hydrogens (tertiary/aromatic N) is 1. The molecule has 1 heterocycles. The van der Waals surface area contributed by atoms with Crippen molar-refractivity contribution in [2.24, 2.45) is 0 Å². The number of carbonyl (C=O) groups is 1. The van der Waals surface area contributed by atoms with E-state index < -0.39 is 17.3 Å². The number of nitrogens with one attached hydrogen (secondary N) is 1. The van der Waals surface area contributed by atoms with Crippen LogP contribution in [0.4, 0.5) is 4.39 Å². The number of hydrogen-bond donors (Lipinski definition) is 2. The first-order chi connectivity index (χ1) is 10.5. The van der Waals surface area contributed by atoms with Crippen molar-refractivity contribution >= 4 is 17.0 Å². The Bertz CT molecular complexity index is 934. The Morgan fingerprint density at radius 2 is 2.00 bits per heavy atom. The average Bonchev–Trinajstić information content (AvgIpc) is 2.49. The van der Waals surface area contributed by atoms with Crippen molar-refractivity contribution in [3.8, 4) is 0 Å². The molecular formula is C16H11FN2O3. The van der Waals surface area contributed by atoms with E-state index in [9.17, 15) is 14.0 Å². The van der Waals surface area contributed by atoms with E-state index in [4.69, 9.17) is 5.11 Å². The van der Waals surface area contributed by atoms with Gasteiger partial charge >= 0.3 is 5.97 Å². The molecule has 0 saturated heterocycles. The minimum atomic E-state index is -1.08. The van der Waals surface area contributed by atoms with E-state index in [1.807, 2.05) is 0 Å². The van der Waals surface area contributed by atoms with Gasteiger partial charge in [-0.3, -0.25) is 4.79 Å². The van der Waals surface area contributed by atoms with Gasteiger partial charge in [0.05, 0.1) is 16.6 Å². The number of hydrogen-bond acceptors (Lipinski definition) is 3. The van der Waals surface area contributed by atoms with Crippen LogP contribution < -0.4 is 5.56 Å². The van der Waals surface area contributed by atoms with Gasteiger partial charge in [0, 0.05) is 6.42 Å². The van der Waals surface area contributed by atoms with E-state index in [-0.39, 0.29) is 17.7 Å². The summed E-state index contributed by atoms with van der Waals surface area (Å²) in [6.07, 6.45) is 0.0370. The third-order valence-corrected chi connectivity index (χ3v) is 3.33. The maximum absolute atomic E-state index is 13.7. The fraction of sp³-hybridized carbons (Fsp3) is 0.0625. The highest BCUT2D eigenvalue weighted by Crippen LogP contribution is 2.14. The Hall–Kier alpha value is -3.02. The molecule has 0 aliphatic heterocycles. The van der Waals surface area contributed by atoms with Crippen molar-refractivity contribution in [2.75, 3.05) is 0 Å². The molecule has 2 N–H and O–H groups in total. The molecule has 0 bridgehead atoms. The van der Waals surface area contributed by atoms with Crippen LogP contribution in [0.1, 0.15) is 21.6 Å². The molecule has 0 aliphatic rings. The van der Waals surface area contributed by atoms with E-state index in [1.165, 1.54) is 24.3 Å².